The third-order valence-corrected chi connectivity index (χ3v) is 4.84. The molecule has 0 amide bonds. The summed E-state index contributed by atoms with van der Waals surface area (Å²) in [5.41, 5.74) is 1.24. The van der Waals surface area contributed by atoms with E-state index in [1.165, 1.54) is 10.4 Å². The minimum Gasteiger partial charge on any atom is -0.349 e. The van der Waals surface area contributed by atoms with Crippen molar-refractivity contribution in [2.75, 3.05) is 18.0 Å². The van der Waals surface area contributed by atoms with E-state index in [1.54, 1.807) is 11.3 Å². The summed E-state index contributed by atoms with van der Waals surface area (Å²) >= 11 is 7.68. The maximum Gasteiger partial charge on any atom is 0.185 e. The molecule has 114 valence electrons. The van der Waals surface area contributed by atoms with E-state index in [0.29, 0.717) is 6.04 Å². The molecule has 1 aromatic carbocycles. The predicted octanol–water partition coefficient (Wildman–Crippen LogP) is 4.49. The molecule has 1 heterocycles. The molecule has 1 N–H and O–H groups in total. The zero-order valence-corrected chi connectivity index (χ0v) is 14.3. The lowest BCUT2D eigenvalue weighted by Crippen LogP contribution is -2.21. The van der Waals surface area contributed by atoms with E-state index < -0.39 is 0 Å². The van der Waals surface area contributed by atoms with Crippen LogP contribution in [0.15, 0.2) is 30.5 Å². The molecule has 21 heavy (non-hydrogen) atoms. The van der Waals surface area contributed by atoms with Crippen molar-refractivity contribution in [1.29, 1.82) is 0 Å². The van der Waals surface area contributed by atoms with Crippen molar-refractivity contribution < 1.29 is 0 Å². The first-order chi connectivity index (χ1) is 10.1. The second-order valence-corrected chi connectivity index (χ2v) is 6.47. The van der Waals surface area contributed by atoms with E-state index in [4.69, 9.17) is 11.6 Å². The molecule has 0 saturated carbocycles. The van der Waals surface area contributed by atoms with E-state index in [2.05, 4.69) is 48.1 Å². The van der Waals surface area contributed by atoms with Gasteiger partial charge in [-0.2, -0.15) is 0 Å². The highest BCUT2D eigenvalue weighted by atomic mass is 35.5. The van der Waals surface area contributed by atoms with Crippen LogP contribution in [0.25, 0.3) is 0 Å². The van der Waals surface area contributed by atoms with Crippen molar-refractivity contribution in [3.05, 3.63) is 45.9 Å². The Labute approximate surface area is 136 Å². The molecule has 3 nitrogen and oxygen atoms in total. The molecule has 2 rings (SSSR count). The molecule has 5 heteroatoms. The zero-order chi connectivity index (χ0) is 15.2. The number of aromatic nitrogens is 1. The fourth-order valence-electron chi connectivity index (χ4n) is 2.14. The first-order valence-corrected chi connectivity index (χ1v) is 8.52. The normalized spacial score (nSPS) is 12.4. The Morgan fingerprint density at radius 2 is 1.90 bits per heavy atom. The van der Waals surface area contributed by atoms with E-state index in [0.717, 1.165) is 29.8 Å². The predicted molar refractivity (Wildman–Crippen MR) is 92.4 cm³/mol. The van der Waals surface area contributed by atoms with E-state index in [-0.39, 0.29) is 0 Å². The van der Waals surface area contributed by atoms with Crippen molar-refractivity contribution in [3.8, 4) is 0 Å². The van der Waals surface area contributed by atoms with Crippen LogP contribution in [-0.4, -0.2) is 18.1 Å². The number of nitrogens with zero attached hydrogens (tertiary/aromatic N) is 2. The molecule has 0 aliphatic rings. The van der Waals surface area contributed by atoms with Gasteiger partial charge in [-0.25, -0.2) is 4.98 Å². The summed E-state index contributed by atoms with van der Waals surface area (Å²) in [6.45, 7) is 9.31. The average molecular weight is 324 g/mol. The highest BCUT2D eigenvalue weighted by molar-refractivity contribution is 7.15. The number of nitrogens with one attached hydrogen (secondary N) is 1. The second-order valence-electron chi connectivity index (χ2n) is 4.94. The van der Waals surface area contributed by atoms with Crippen LogP contribution in [0, 0.1) is 0 Å². The monoisotopic (exact) mass is 323 g/mol. The van der Waals surface area contributed by atoms with Gasteiger partial charge in [0, 0.05) is 41.8 Å². The van der Waals surface area contributed by atoms with Crippen LogP contribution in [-0.2, 0) is 6.54 Å². The number of halogens is 1. The average Bonchev–Trinajstić information content (AvgIpc) is 2.96. The Hall–Kier alpha value is -1.10. The van der Waals surface area contributed by atoms with Crippen molar-refractivity contribution in [1.82, 2.24) is 10.3 Å². The summed E-state index contributed by atoms with van der Waals surface area (Å²) < 4.78 is 0. The molecule has 0 fully saturated rings. The smallest absolute Gasteiger partial charge is 0.185 e. The molecule has 0 bridgehead atoms. The summed E-state index contributed by atoms with van der Waals surface area (Å²) in [6, 6.07) is 8.28. The van der Waals surface area contributed by atoms with Crippen molar-refractivity contribution in [2.24, 2.45) is 0 Å². The number of anilines is 1. The van der Waals surface area contributed by atoms with Gasteiger partial charge in [-0.05, 0) is 38.5 Å². The molecule has 0 aliphatic heterocycles. The van der Waals surface area contributed by atoms with Crippen LogP contribution in [0.4, 0.5) is 5.13 Å². The highest BCUT2D eigenvalue weighted by Crippen LogP contribution is 2.23. The van der Waals surface area contributed by atoms with E-state index >= 15 is 0 Å². The van der Waals surface area contributed by atoms with Gasteiger partial charge in [0.15, 0.2) is 5.13 Å². The molecule has 1 aromatic heterocycles. The SMILES string of the molecule is CCN(CC)c1ncc(CN[C@@H](C)c2ccc(Cl)cc2)s1. The van der Waals surface area contributed by atoms with Gasteiger partial charge in [0.05, 0.1) is 0 Å². The molecular formula is C16H22ClN3S. The first-order valence-electron chi connectivity index (χ1n) is 7.32. The lowest BCUT2D eigenvalue weighted by Gasteiger charge is -2.16. The molecule has 0 saturated heterocycles. The van der Waals surface area contributed by atoms with Crippen LogP contribution in [0.5, 0.6) is 0 Å². The second kappa shape index (κ2) is 7.78. The van der Waals surface area contributed by atoms with Crippen LogP contribution >= 0.6 is 22.9 Å². The third kappa shape index (κ3) is 4.43. The van der Waals surface area contributed by atoms with Crippen molar-refractivity contribution in [3.63, 3.8) is 0 Å². The molecule has 0 unspecified atom stereocenters. The Balaban J connectivity index is 1.92. The van der Waals surface area contributed by atoms with Gasteiger partial charge in [0.25, 0.3) is 0 Å². The fraction of sp³-hybridized carbons (Fsp3) is 0.438. The summed E-state index contributed by atoms with van der Waals surface area (Å²) in [5, 5.41) is 5.41. The lowest BCUT2D eigenvalue weighted by molar-refractivity contribution is 0.578. The molecule has 0 aliphatic carbocycles. The van der Waals surface area contributed by atoms with Crippen molar-refractivity contribution in [2.45, 2.75) is 33.4 Å². The Kier molecular flexibility index (Phi) is 6.03. The molecule has 0 spiro atoms. The Bertz CT molecular complexity index is 549. The first kappa shape index (κ1) is 16.3. The van der Waals surface area contributed by atoms with Crippen LogP contribution < -0.4 is 10.2 Å². The zero-order valence-electron chi connectivity index (χ0n) is 12.8. The maximum atomic E-state index is 5.92. The summed E-state index contributed by atoms with van der Waals surface area (Å²) in [5.74, 6) is 0. The maximum absolute atomic E-state index is 5.92. The van der Waals surface area contributed by atoms with E-state index in [9.17, 15) is 0 Å². The van der Waals surface area contributed by atoms with Gasteiger partial charge in [-0.15, -0.1) is 11.3 Å². The number of hydrogen-bond acceptors (Lipinski definition) is 4. The van der Waals surface area contributed by atoms with Gasteiger partial charge in [0.1, 0.15) is 0 Å². The topological polar surface area (TPSA) is 28.2 Å². The quantitative estimate of drug-likeness (QED) is 0.813. The number of thiazole rings is 1. The molecule has 1 atom stereocenters. The van der Waals surface area contributed by atoms with Crippen LogP contribution in [0.3, 0.4) is 0 Å². The summed E-state index contributed by atoms with van der Waals surface area (Å²) in [6.07, 6.45) is 1.97. The van der Waals surface area contributed by atoms with Crippen LogP contribution in [0.2, 0.25) is 5.02 Å². The van der Waals surface area contributed by atoms with Gasteiger partial charge in [-0.3, -0.25) is 0 Å². The Morgan fingerprint density at radius 3 is 2.52 bits per heavy atom. The summed E-state index contributed by atoms with van der Waals surface area (Å²) in [7, 11) is 0. The van der Waals surface area contributed by atoms with Crippen molar-refractivity contribution >= 4 is 28.1 Å². The van der Waals surface area contributed by atoms with Gasteiger partial charge in [0.2, 0.25) is 0 Å². The van der Waals surface area contributed by atoms with Gasteiger partial charge in [-0.1, -0.05) is 23.7 Å². The summed E-state index contributed by atoms with van der Waals surface area (Å²) in [4.78, 5) is 8.04. The standard InChI is InChI=1S/C16H22ClN3S/c1-4-20(5-2)16-19-11-15(21-16)10-18-12(3)13-6-8-14(17)9-7-13/h6-9,11-12,18H,4-5,10H2,1-3H3/t12-/m0/s1. The molecule has 2 aromatic rings. The van der Waals surface area contributed by atoms with E-state index in [1.807, 2.05) is 18.3 Å². The van der Waals surface area contributed by atoms with Crippen LogP contribution in [0.1, 0.15) is 37.3 Å². The number of benzene rings is 1. The van der Waals surface area contributed by atoms with Gasteiger partial charge >= 0.3 is 0 Å². The number of rotatable bonds is 7. The van der Waals surface area contributed by atoms with Gasteiger partial charge < -0.3 is 10.2 Å². The molecular weight excluding hydrogens is 302 g/mol. The largest absolute Gasteiger partial charge is 0.349 e. The highest BCUT2D eigenvalue weighted by Gasteiger charge is 2.09. The minimum absolute atomic E-state index is 0.293. The number of hydrogen-bond donors (Lipinski definition) is 1. The minimum atomic E-state index is 0.293. The lowest BCUT2D eigenvalue weighted by atomic mass is 10.1. The Morgan fingerprint density at radius 1 is 1.24 bits per heavy atom. The molecule has 0 radical (unpaired) electrons. The third-order valence-electron chi connectivity index (χ3n) is 3.53. The fourth-order valence-corrected chi connectivity index (χ4v) is 3.26.